The Morgan fingerprint density at radius 1 is 1.24 bits per heavy atom. The molecule has 6 heteroatoms. The molecule has 2 heterocycles. The summed E-state index contributed by atoms with van der Waals surface area (Å²) in [6.07, 6.45) is 0. The van der Waals surface area contributed by atoms with Gasteiger partial charge < -0.3 is 14.2 Å². The molecule has 6 nitrogen and oxygen atoms in total. The Hall–Kier alpha value is -2.34. The number of para-hydroxylation sites is 1. The molecule has 1 amide bonds. The first-order chi connectivity index (χ1) is 12.1. The third-order valence-corrected chi connectivity index (χ3v) is 4.38. The van der Waals surface area contributed by atoms with Gasteiger partial charge in [-0.05, 0) is 18.1 Å². The summed E-state index contributed by atoms with van der Waals surface area (Å²) in [7, 11) is 1.61. The number of methoxy groups -OCH3 is 1. The van der Waals surface area contributed by atoms with Gasteiger partial charge in [0.15, 0.2) is 11.5 Å². The fraction of sp³-hybridized carbons (Fsp3) is 0.474. The molecular weight excluding hydrogens is 318 g/mol. The van der Waals surface area contributed by atoms with E-state index in [4.69, 9.17) is 9.26 Å². The van der Waals surface area contributed by atoms with Crippen LogP contribution in [-0.2, 0) is 0 Å². The molecule has 25 heavy (non-hydrogen) atoms. The second-order valence-corrected chi connectivity index (χ2v) is 6.76. The van der Waals surface area contributed by atoms with E-state index in [-0.39, 0.29) is 5.91 Å². The first kappa shape index (κ1) is 17.5. The average Bonchev–Trinajstić information content (AvgIpc) is 3.11. The van der Waals surface area contributed by atoms with Crippen molar-refractivity contribution < 1.29 is 14.1 Å². The fourth-order valence-corrected chi connectivity index (χ4v) is 3.16. The third kappa shape index (κ3) is 4.02. The molecule has 1 aromatic carbocycles. The molecule has 0 atom stereocenters. The molecule has 0 radical (unpaired) electrons. The number of carbonyl (C=O) groups excluding carboxylic acids is 1. The zero-order valence-corrected chi connectivity index (χ0v) is 15.1. The van der Waals surface area contributed by atoms with Crippen LogP contribution in [0.25, 0.3) is 11.3 Å². The monoisotopic (exact) mass is 343 g/mol. The van der Waals surface area contributed by atoms with Gasteiger partial charge in [-0.25, -0.2) is 0 Å². The van der Waals surface area contributed by atoms with Gasteiger partial charge in [-0.2, -0.15) is 0 Å². The lowest BCUT2D eigenvalue weighted by molar-refractivity contribution is 0.0614. The fourth-order valence-electron chi connectivity index (χ4n) is 3.16. The number of hydrogen-bond acceptors (Lipinski definition) is 5. The van der Waals surface area contributed by atoms with E-state index in [0.29, 0.717) is 23.1 Å². The van der Waals surface area contributed by atoms with E-state index in [1.807, 2.05) is 29.2 Å². The van der Waals surface area contributed by atoms with Crippen LogP contribution in [0.4, 0.5) is 0 Å². The summed E-state index contributed by atoms with van der Waals surface area (Å²) < 4.78 is 10.7. The number of carbonyl (C=O) groups is 1. The molecule has 1 aliphatic rings. The highest BCUT2D eigenvalue weighted by atomic mass is 16.5. The van der Waals surface area contributed by atoms with Crippen molar-refractivity contribution in [1.29, 1.82) is 0 Å². The minimum absolute atomic E-state index is 0.0749. The average molecular weight is 343 g/mol. The highest BCUT2D eigenvalue weighted by molar-refractivity contribution is 5.93. The molecule has 1 aromatic heterocycles. The van der Waals surface area contributed by atoms with Crippen LogP contribution in [-0.4, -0.2) is 60.7 Å². The predicted molar refractivity (Wildman–Crippen MR) is 95.7 cm³/mol. The smallest absolute Gasteiger partial charge is 0.276 e. The summed E-state index contributed by atoms with van der Waals surface area (Å²) >= 11 is 0. The number of rotatable bonds is 5. The van der Waals surface area contributed by atoms with Crippen molar-refractivity contribution in [2.75, 3.05) is 39.8 Å². The number of benzene rings is 1. The number of hydrogen-bond donors (Lipinski definition) is 0. The van der Waals surface area contributed by atoms with Gasteiger partial charge in [0.25, 0.3) is 5.91 Å². The minimum Gasteiger partial charge on any atom is -0.496 e. The summed E-state index contributed by atoms with van der Waals surface area (Å²) in [5.41, 5.74) is 1.14. The van der Waals surface area contributed by atoms with Crippen LogP contribution in [0, 0.1) is 5.92 Å². The molecule has 1 aliphatic heterocycles. The van der Waals surface area contributed by atoms with Crippen LogP contribution in [0.2, 0.25) is 0 Å². The molecule has 1 fully saturated rings. The molecule has 3 rings (SSSR count). The highest BCUT2D eigenvalue weighted by Crippen LogP contribution is 2.30. The minimum atomic E-state index is -0.0749. The number of amides is 1. The van der Waals surface area contributed by atoms with Crippen LogP contribution in [0.5, 0.6) is 5.75 Å². The molecular formula is C19H25N3O3. The zero-order chi connectivity index (χ0) is 17.8. The Morgan fingerprint density at radius 3 is 2.64 bits per heavy atom. The van der Waals surface area contributed by atoms with Crippen molar-refractivity contribution in [3.05, 3.63) is 36.0 Å². The van der Waals surface area contributed by atoms with Crippen molar-refractivity contribution in [1.82, 2.24) is 15.0 Å². The Bertz CT molecular complexity index is 718. The van der Waals surface area contributed by atoms with Crippen molar-refractivity contribution in [3.8, 4) is 17.1 Å². The zero-order valence-electron chi connectivity index (χ0n) is 15.1. The van der Waals surface area contributed by atoms with E-state index < -0.39 is 0 Å². The molecule has 0 spiro atoms. The first-order valence-electron chi connectivity index (χ1n) is 8.70. The highest BCUT2D eigenvalue weighted by Gasteiger charge is 2.25. The molecule has 0 N–H and O–H groups in total. The standard InChI is InChI=1S/C19H25N3O3/c1-14(2)13-21-8-10-22(11-9-21)19(23)16-12-18(25-20-16)15-6-4-5-7-17(15)24-3/h4-7,12,14H,8-11,13H2,1-3H3. The van der Waals surface area contributed by atoms with Gasteiger partial charge in [0.1, 0.15) is 5.75 Å². The maximum Gasteiger partial charge on any atom is 0.276 e. The maximum atomic E-state index is 12.7. The van der Waals surface area contributed by atoms with Crippen LogP contribution in [0.15, 0.2) is 34.9 Å². The summed E-state index contributed by atoms with van der Waals surface area (Å²) in [5.74, 6) is 1.80. The van der Waals surface area contributed by atoms with E-state index in [2.05, 4.69) is 23.9 Å². The molecule has 0 unspecified atom stereocenters. The van der Waals surface area contributed by atoms with Crippen LogP contribution in [0.1, 0.15) is 24.3 Å². The SMILES string of the molecule is COc1ccccc1-c1cc(C(=O)N2CCN(CC(C)C)CC2)no1. The van der Waals surface area contributed by atoms with Crippen LogP contribution < -0.4 is 4.74 Å². The first-order valence-corrected chi connectivity index (χ1v) is 8.70. The van der Waals surface area contributed by atoms with Gasteiger partial charge in [-0.1, -0.05) is 31.1 Å². The van der Waals surface area contributed by atoms with E-state index in [1.54, 1.807) is 13.2 Å². The summed E-state index contributed by atoms with van der Waals surface area (Å²) in [6, 6.07) is 9.23. The van der Waals surface area contributed by atoms with Gasteiger partial charge >= 0.3 is 0 Å². The Labute approximate surface area is 148 Å². The molecule has 0 saturated carbocycles. The second kappa shape index (κ2) is 7.70. The molecule has 134 valence electrons. The Balaban J connectivity index is 1.67. The van der Waals surface area contributed by atoms with E-state index >= 15 is 0 Å². The number of piperazine rings is 1. The van der Waals surface area contributed by atoms with Crippen LogP contribution >= 0.6 is 0 Å². The van der Waals surface area contributed by atoms with Crippen molar-refractivity contribution in [2.24, 2.45) is 5.92 Å². The van der Waals surface area contributed by atoms with Gasteiger partial charge in [0, 0.05) is 38.8 Å². The van der Waals surface area contributed by atoms with Gasteiger partial charge in [-0.15, -0.1) is 0 Å². The number of nitrogens with zero attached hydrogens (tertiary/aromatic N) is 3. The van der Waals surface area contributed by atoms with Gasteiger partial charge in [0.2, 0.25) is 0 Å². The molecule has 0 aliphatic carbocycles. The van der Waals surface area contributed by atoms with Gasteiger partial charge in [-0.3, -0.25) is 9.69 Å². The summed E-state index contributed by atoms with van der Waals surface area (Å²) in [6.45, 7) is 8.76. The van der Waals surface area contributed by atoms with Crippen LogP contribution in [0.3, 0.4) is 0 Å². The largest absolute Gasteiger partial charge is 0.496 e. The van der Waals surface area contributed by atoms with Gasteiger partial charge in [0.05, 0.1) is 12.7 Å². The lowest BCUT2D eigenvalue weighted by atomic mass is 10.1. The lowest BCUT2D eigenvalue weighted by Crippen LogP contribution is -2.49. The lowest BCUT2D eigenvalue weighted by Gasteiger charge is -2.35. The quantitative estimate of drug-likeness (QED) is 0.835. The topological polar surface area (TPSA) is 58.8 Å². The van der Waals surface area contributed by atoms with Crippen molar-refractivity contribution >= 4 is 5.91 Å². The predicted octanol–water partition coefficient (Wildman–Crippen LogP) is 2.76. The maximum absolute atomic E-state index is 12.7. The molecule has 0 bridgehead atoms. The summed E-state index contributed by atoms with van der Waals surface area (Å²) in [5, 5.41) is 3.98. The van der Waals surface area contributed by atoms with E-state index in [9.17, 15) is 4.79 Å². The number of ether oxygens (including phenoxy) is 1. The molecule has 1 saturated heterocycles. The molecule has 2 aromatic rings. The van der Waals surface area contributed by atoms with Crippen molar-refractivity contribution in [2.45, 2.75) is 13.8 Å². The van der Waals surface area contributed by atoms with E-state index in [0.717, 1.165) is 38.3 Å². The third-order valence-electron chi connectivity index (χ3n) is 4.38. The van der Waals surface area contributed by atoms with Crippen molar-refractivity contribution in [3.63, 3.8) is 0 Å². The summed E-state index contributed by atoms with van der Waals surface area (Å²) in [4.78, 5) is 16.9. The second-order valence-electron chi connectivity index (χ2n) is 6.76. The number of aromatic nitrogens is 1. The Kier molecular flexibility index (Phi) is 5.38. The Morgan fingerprint density at radius 2 is 1.96 bits per heavy atom. The normalized spacial score (nSPS) is 15.6. The van der Waals surface area contributed by atoms with E-state index in [1.165, 1.54) is 0 Å².